The predicted molar refractivity (Wildman–Crippen MR) is 81.6 cm³/mol. The van der Waals surface area contributed by atoms with Gasteiger partial charge in [-0.1, -0.05) is 43.9 Å². The Morgan fingerprint density at radius 3 is 2.68 bits per heavy atom. The summed E-state index contributed by atoms with van der Waals surface area (Å²) in [7, 11) is 0. The Labute approximate surface area is 117 Å². The molecule has 1 heterocycles. The van der Waals surface area contributed by atoms with E-state index in [4.69, 9.17) is 0 Å². The highest BCUT2D eigenvalue weighted by atomic mass is 14.9. The molecule has 1 unspecified atom stereocenters. The average molecular weight is 258 g/mol. The SMILES string of the molecule is c1ccc2c(c1)CC(CNC1CCCCCC1)CN2. The van der Waals surface area contributed by atoms with Gasteiger partial charge in [-0.05, 0) is 36.8 Å². The monoisotopic (exact) mass is 258 g/mol. The van der Waals surface area contributed by atoms with E-state index in [9.17, 15) is 0 Å². The minimum atomic E-state index is 0.748. The third-order valence-corrected chi connectivity index (χ3v) is 4.66. The Balaban J connectivity index is 1.49. The molecule has 1 saturated carbocycles. The van der Waals surface area contributed by atoms with E-state index in [0.29, 0.717) is 0 Å². The minimum absolute atomic E-state index is 0.748. The molecule has 0 amide bonds. The fraction of sp³-hybridized carbons (Fsp3) is 0.647. The molecule has 1 atom stereocenters. The van der Waals surface area contributed by atoms with Gasteiger partial charge in [0, 0.05) is 24.8 Å². The first-order valence-corrected chi connectivity index (χ1v) is 7.97. The summed E-state index contributed by atoms with van der Waals surface area (Å²) >= 11 is 0. The lowest BCUT2D eigenvalue weighted by molar-refractivity contribution is 0.401. The Hall–Kier alpha value is -1.02. The summed E-state index contributed by atoms with van der Waals surface area (Å²) in [5.41, 5.74) is 2.83. The molecule has 3 rings (SSSR count). The van der Waals surface area contributed by atoms with Crippen molar-refractivity contribution in [2.75, 3.05) is 18.4 Å². The molecule has 0 saturated heterocycles. The van der Waals surface area contributed by atoms with Crippen LogP contribution < -0.4 is 10.6 Å². The van der Waals surface area contributed by atoms with Gasteiger partial charge in [0.25, 0.3) is 0 Å². The molecule has 0 bridgehead atoms. The lowest BCUT2D eigenvalue weighted by Crippen LogP contribution is -2.37. The van der Waals surface area contributed by atoms with E-state index in [2.05, 4.69) is 34.9 Å². The fourth-order valence-electron chi connectivity index (χ4n) is 3.47. The van der Waals surface area contributed by atoms with Crippen molar-refractivity contribution in [3.05, 3.63) is 29.8 Å². The normalized spacial score (nSPS) is 24.3. The van der Waals surface area contributed by atoms with Crippen molar-refractivity contribution >= 4 is 5.69 Å². The molecule has 2 nitrogen and oxygen atoms in total. The maximum Gasteiger partial charge on any atom is 0.0372 e. The summed E-state index contributed by atoms with van der Waals surface area (Å²) in [5.74, 6) is 0.748. The maximum absolute atomic E-state index is 3.82. The van der Waals surface area contributed by atoms with Crippen molar-refractivity contribution in [2.45, 2.75) is 51.0 Å². The number of rotatable bonds is 3. The highest BCUT2D eigenvalue weighted by molar-refractivity contribution is 5.53. The van der Waals surface area contributed by atoms with Gasteiger partial charge >= 0.3 is 0 Å². The first-order chi connectivity index (χ1) is 9.42. The van der Waals surface area contributed by atoms with Gasteiger partial charge in [-0.3, -0.25) is 0 Å². The first-order valence-electron chi connectivity index (χ1n) is 7.97. The molecule has 1 aromatic carbocycles. The molecule has 1 fully saturated rings. The third-order valence-electron chi connectivity index (χ3n) is 4.66. The zero-order chi connectivity index (χ0) is 12.9. The number of benzene rings is 1. The van der Waals surface area contributed by atoms with E-state index in [1.165, 1.54) is 62.7 Å². The average Bonchev–Trinajstić information content (AvgIpc) is 2.73. The van der Waals surface area contributed by atoms with Gasteiger partial charge in [0.2, 0.25) is 0 Å². The number of fused-ring (bicyclic) bond motifs is 1. The van der Waals surface area contributed by atoms with Gasteiger partial charge in [-0.15, -0.1) is 0 Å². The minimum Gasteiger partial charge on any atom is -0.384 e. The summed E-state index contributed by atoms with van der Waals surface area (Å²) in [4.78, 5) is 0. The van der Waals surface area contributed by atoms with Crippen LogP contribution in [0.4, 0.5) is 5.69 Å². The van der Waals surface area contributed by atoms with Gasteiger partial charge in [0.05, 0.1) is 0 Å². The lowest BCUT2D eigenvalue weighted by atomic mass is 9.93. The molecule has 2 aliphatic rings. The van der Waals surface area contributed by atoms with Crippen molar-refractivity contribution in [3.63, 3.8) is 0 Å². The van der Waals surface area contributed by atoms with E-state index in [0.717, 1.165) is 18.5 Å². The molecule has 19 heavy (non-hydrogen) atoms. The van der Waals surface area contributed by atoms with Crippen LogP contribution in [0.15, 0.2) is 24.3 Å². The molecule has 1 aliphatic carbocycles. The smallest absolute Gasteiger partial charge is 0.0372 e. The molecule has 1 aromatic rings. The molecule has 1 aliphatic heterocycles. The van der Waals surface area contributed by atoms with Crippen molar-refractivity contribution < 1.29 is 0 Å². The van der Waals surface area contributed by atoms with Crippen LogP contribution >= 0.6 is 0 Å². The number of para-hydroxylation sites is 1. The highest BCUT2D eigenvalue weighted by Crippen LogP contribution is 2.24. The standard InChI is InChI=1S/C17H26N2/c1-2-4-9-16(8-3-1)18-12-14-11-15-7-5-6-10-17(15)19-13-14/h5-7,10,14,16,18-19H,1-4,8-9,11-13H2. The van der Waals surface area contributed by atoms with E-state index < -0.39 is 0 Å². The second kappa shape index (κ2) is 6.42. The van der Waals surface area contributed by atoms with Gasteiger partial charge in [0.15, 0.2) is 0 Å². The summed E-state index contributed by atoms with van der Waals surface area (Å²) < 4.78 is 0. The van der Waals surface area contributed by atoms with Gasteiger partial charge in [-0.25, -0.2) is 0 Å². The molecule has 2 N–H and O–H groups in total. The topological polar surface area (TPSA) is 24.1 Å². The fourth-order valence-corrected chi connectivity index (χ4v) is 3.47. The molecule has 104 valence electrons. The molecular weight excluding hydrogens is 232 g/mol. The Bertz CT molecular complexity index is 394. The van der Waals surface area contributed by atoms with Crippen LogP contribution in [0, 0.1) is 5.92 Å². The van der Waals surface area contributed by atoms with Crippen LogP contribution in [-0.4, -0.2) is 19.1 Å². The van der Waals surface area contributed by atoms with E-state index >= 15 is 0 Å². The number of hydrogen-bond donors (Lipinski definition) is 2. The maximum atomic E-state index is 3.82. The molecular formula is C17H26N2. The van der Waals surface area contributed by atoms with Crippen LogP contribution in [0.2, 0.25) is 0 Å². The first kappa shape index (κ1) is 13.0. The second-order valence-electron chi connectivity index (χ2n) is 6.20. The molecule has 0 spiro atoms. The molecule has 0 radical (unpaired) electrons. The third kappa shape index (κ3) is 3.50. The number of anilines is 1. The van der Waals surface area contributed by atoms with E-state index in [-0.39, 0.29) is 0 Å². The van der Waals surface area contributed by atoms with Crippen LogP contribution in [0.1, 0.15) is 44.1 Å². The summed E-state index contributed by atoms with van der Waals surface area (Å²) in [6.07, 6.45) is 9.72. The second-order valence-corrected chi connectivity index (χ2v) is 6.20. The van der Waals surface area contributed by atoms with Crippen molar-refractivity contribution in [3.8, 4) is 0 Å². The summed E-state index contributed by atoms with van der Waals surface area (Å²) in [5, 5.41) is 7.39. The van der Waals surface area contributed by atoms with Crippen molar-refractivity contribution in [1.29, 1.82) is 0 Å². The summed E-state index contributed by atoms with van der Waals surface area (Å²) in [6.45, 7) is 2.29. The quantitative estimate of drug-likeness (QED) is 0.810. The van der Waals surface area contributed by atoms with Gasteiger partial charge in [-0.2, -0.15) is 0 Å². The van der Waals surface area contributed by atoms with Crippen LogP contribution in [0.5, 0.6) is 0 Å². The van der Waals surface area contributed by atoms with Gasteiger partial charge < -0.3 is 10.6 Å². The molecule has 2 heteroatoms. The molecule has 0 aromatic heterocycles. The number of nitrogens with one attached hydrogen (secondary N) is 2. The zero-order valence-corrected chi connectivity index (χ0v) is 11.8. The van der Waals surface area contributed by atoms with E-state index in [1.807, 2.05) is 0 Å². The Morgan fingerprint density at radius 1 is 1.05 bits per heavy atom. The Kier molecular flexibility index (Phi) is 4.39. The Morgan fingerprint density at radius 2 is 1.84 bits per heavy atom. The van der Waals surface area contributed by atoms with Gasteiger partial charge in [0.1, 0.15) is 0 Å². The summed E-state index contributed by atoms with van der Waals surface area (Å²) in [6, 6.07) is 9.52. The highest BCUT2D eigenvalue weighted by Gasteiger charge is 2.19. The van der Waals surface area contributed by atoms with Crippen molar-refractivity contribution in [2.24, 2.45) is 5.92 Å². The van der Waals surface area contributed by atoms with Crippen LogP contribution in [0.3, 0.4) is 0 Å². The van der Waals surface area contributed by atoms with Crippen LogP contribution in [-0.2, 0) is 6.42 Å². The van der Waals surface area contributed by atoms with E-state index in [1.54, 1.807) is 0 Å². The van der Waals surface area contributed by atoms with Crippen LogP contribution in [0.25, 0.3) is 0 Å². The largest absolute Gasteiger partial charge is 0.384 e. The zero-order valence-electron chi connectivity index (χ0n) is 11.8. The lowest BCUT2D eigenvalue weighted by Gasteiger charge is -2.28. The predicted octanol–water partition coefficient (Wildman–Crippen LogP) is 3.58. The number of hydrogen-bond acceptors (Lipinski definition) is 2. The van der Waals surface area contributed by atoms with Crippen molar-refractivity contribution in [1.82, 2.24) is 5.32 Å².